The van der Waals surface area contributed by atoms with Gasteiger partial charge < -0.3 is 20.5 Å². The number of halogens is 1. The van der Waals surface area contributed by atoms with Crippen molar-refractivity contribution >= 4 is 23.6 Å². The molecule has 2 rings (SSSR count). The highest BCUT2D eigenvalue weighted by molar-refractivity contribution is 6.09. The van der Waals surface area contributed by atoms with E-state index in [9.17, 15) is 19.2 Å². The van der Waals surface area contributed by atoms with Crippen molar-refractivity contribution in [3.63, 3.8) is 0 Å². The molecule has 3 N–H and O–H groups in total. The lowest BCUT2D eigenvalue weighted by Gasteiger charge is -2.11. The number of hydrogen-bond donors (Lipinski definition) is 2. The monoisotopic (exact) mass is 383 g/mol. The molecule has 8 heteroatoms. The van der Waals surface area contributed by atoms with Crippen molar-refractivity contribution in [1.29, 1.82) is 5.26 Å². The highest BCUT2D eigenvalue weighted by Gasteiger charge is 2.12. The van der Waals surface area contributed by atoms with E-state index >= 15 is 0 Å². The first-order valence-corrected chi connectivity index (χ1v) is 8.29. The van der Waals surface area contributed by atoms with Gasteiger partial charge in [-0.25, -0.2) is 4.39 Å². The molecular weight excluding hydrogens is 365 g/mol. The first kappa shape index (κ1) is 20.5. The molecule has 0 aliphatic heterocycles. The van der Waals surface area contributed by atoms with Crippen molar-refractivity contribution < 1.29 is 23.5 Å². The van der Waals surface area contributed by atoms with Crippen LogP contribution in [0.15, 0.2) is 48.0 Å². The lowest BCUT2D eigenvalue weighted by Crippen LogP contribution is -2.20. The van der Waals surface area contributed by atoms with Gasteiger partial charge in [-0.1, -0.05) is 6.07 Å². The first-order chi connectivity index (χ1) is 13.4. The number of benzene rings is 2. The summed E-state index contributed by atoms with van der Waals surface area (Å²) in [6.07, 6.45) is 1.37. The molecule has 0 aromatic heterocycles. The van der Waals surface area contributed by atoms with Gasteiger partial charge in [-0.2, -0.15) is 5.26 Å². The number of nitriles is 1. The molecule has 0 radical (unpaired) electrons. The maximum Gasteiger partial charge on any atom is 0.266 e. The van der Waals surface area contributed by atoms with Gasteiger partial charge in [0.2, 0.25) is 0 Å². The van der Waals surface area contributed by atoms with Gasteiger partial charge in [-0.3, -0.25) is 9.59 Å². The zero-order chi connectivity index (χ0) is 20.5. The van der Waals surface area contributed by atoms with Crippen molar-refractivity contribution in [2.45, 2.75) is 6.92 Å². The van der Waals surface area contributed by atoms with E-state index in [1.54, 1.807) is 25.1 Å². The molecule has 2 amide bonds. The summed E-state index contributed by atoms with van der Waals surface area (Å²) in [7, 11) is 0. The van der Waals surface area contributed by atoms with Crippen LogP contribution in [0.5, 0.6) is 11.5 Å². The van der Waals surface area contributed by atoms with E-state index in [0.717, 1.165) is 0 Å². The molecule has 0 unspecified atom stereocenters. The van der Waals surface area contributed by atoms with E-state index in [4.69, 9.17) is 15.2 Å². The second-order valence-electron chi connectivity index (χ2n) is 5.53. The number of carbonyl (C=O) groups excluding carboxylic acids is 2. The molecule has 0 atom stereocenters. The predicted octanol–water partition coefficient (Wildman–Crippen LogP) is 2.63. The number of carbonyl (C=O) groups is 2. The van der Waals surface area contributed by atoms with Crippen LogP contribution >= 0.6 is 0 Å². The largest absolute Gasteiger partial charge is 0.490 e. The summed E-state index contributed by atoms with van der Waals surface area (Å²) < 4.78 is 23.7. The van der Waals surface area contributed by atoms with Crippen molar-refractivity contribution in [2.24, 2.45) is 5.73 Å². The summed E-state index contributed by atoms with van der Waals surface area (Å²) in [5, 5.41) is 11.8. The van der Waals surface area contributed by atoms with Crippen LogP contribution in [-0.2, 0) is 9.59 Å². The molecular formula is C20H18FN3O4. The van der Waals surface area contributed by atoms with E-state index in [-0.39, 0.29) is 12.2 Å². The summed E-state index contributed by atoms with van der Waals surface area (Å²) in [4.78, 5) is 23.2. The van der Waals surface area contributed by atoms with E-state index in [1.807, 2.05) is 6.07 Å². The fourth-order valence-corrected chi connectivity index (χ4v) is 2.20. The van der Waals surface area contributed by atoms with Crippen LogP contribution in [0.3, 0.4) is 0 Å². The first-order valence-electron chi connectivity index (χ1n) is 8.29. The Kier molecular flexibility index (Phi) is 7.11. The lowest BCUT2D eigenvalue weighted by molar-refractivity contribution is -0.120. The number of nitrogens with two attached hydrogens (primary N) is 1. The Morgan fingerprint density at radius 1 is 1.18 bits per heavy atom. The Morgan fingerprint density at radius 2 is 1.89 bits per heavy atom. The molecule has 2 aromatic carbocycles. The molecule has 0 fully saturated rings. The zero-order valence-corrected chi connectivity index (χ0v) is 15.1. The standard InChI is InChI=1S/C20H18FN3O4/c1-2-27-18-10-13(3-8-17(18)28-12-19(23)25)9-14(11-22)20(26)24-16-6-4-15(21)5-7-16/h3-10H,2,12H2,1H3,(H2,23,25)(H,24,26)/b14-9+. The van der Waals surface area contributed by atoms with E-state index in [2.05, 4.69) is 5.32 Å². The maximum absolute atomic E-state index is 12.9. The predicted molar refractivity (Wildman–Crippen MR) is 101 cm³/mol. The molecule has 2 aromatic rings. The molecule has 144 valence electrons. The number of nitrogens with one attached hydrogen (secondary N) is 1. The third-order valence-electron chi connectivity index (χ3n) is 3.42. The number of ether oxygens (including phenoxy) is 2. The molecule has 0 aliphatic carbocycles. The molecule has 28 heavy (non-hydrogen) atoms. The number of nitrogens with zero attached hydrogens (tertiary/aromatic N) is 1. The van der Waals surface area contributed by atoms with Gasteiger partial charge in [0, 0.05) is 5.69 Å². The van der Waals surface area contributed by atoms with Gasteiger partial charge in [0.05, 0.1) is 6.61 Å². The molecule has 0 heterocycles. The van der Waals surface area contributed by atoms with Gasteiger partial charge in [-0.15, -0.1) is 0 Å². The average molecular weight is 383 g/mol. The van der Waals surface area contributed by atoms with Gasteiger partial charge in [0.25, 0.3) is 11.8 Å². The highest BCUT2D eigenvalue weighted by atomic mass is 19.1. The fourth-order valence-electron chi connectivity index (χ4n) is 2.20. The fraction of sp³-hybridized carbons (Fsp3) is 0.150. The molecule has 7 nitrogen and oxygen atoms in total. The third kappa shape index (κ3) is 5.85. The van der Waals surface area contributed by atoms with E-state index in [0.29, 0.717) is 29.4 Å². The van der Waals surface area contributed by atoms with Crippen LogP contribution < -0.4 is 20.5 Å². The number of rotatable bonds is 8. The quantitative estimate of drug-likeness (QED) is 0.537. The summed E-state index contributed by atoms with van der Waals surface area (Å²) >= 11 is 0. The Hall–Kier alpha value is -3.86. The van der Waals surface area contributed by atoms with Gasteiger partial charge in [0.1, 0.15) is 17.5 Å². The third-order valence-corrected chi connectivity index (χ3v) is 3.42. The van der Waals surface area contributed by atoms with Crippen molar-refractivity contribution in [2.75, 3.05) is 18.5 Å². The number of primary amides is 1. The van der Waals surface area contributed by atoms with Crippen LogP contribution in [0.25, 0.3) is 6.08 Å². The molecule has 0 spiro atoms. The number of hydrogen-bond acceptors (Lipinski definition) is 5. The second-order valence-corrected chi connectivity index (χ2v) is 5.53. The Morgan fingerprint density at radius 3 is 2.50 bits per heavy atom. The van der Waals surface area contributed by atoms with Crippen LogP contribution in [0.2, 0.25) is 0 Å². The zero-order valence-electron chi connectivity index (χ0n) is 15.1. The van der Waals surface area contributed by atoms with Crippen LogP contribution in [0, 0.1) is 17.1 Å². The Balaban J connectivity index is 2.23. The molecule has 0 saturated carbocycles. The minimum atomic E-state index is -0.638. The summed E-state index contributed by atoms with van der Waals surface area (Å²) in [5.41, 5.74) is 5.79. The SMILES string of the molecule is CCOc1cc(/C=C(\C#N)C(=O)Nc2ccc(F)cc2)ccc1OCC(N)=O. The van der Waals surface area contributed by atoms with Crippen LogP contribution in [0.4, 0.5) is 10.1 Å². The van der Waals surface area contributed by atoms with Gasteiger partial charge in [-0.05, 0) is 55.0 Å². The van der Waals surface area contributed by atoms with Crippen molar-refractivity contribution in [1.82, 2.24) is 0 Å². The Bertz CT molecular complexity index is 933. The van der Waals surface area contributed by atoms with Crippen LogP contribution in [-0.4, -0.2) is 25.0 Å². The topological polar surface area (TPSA) is 114 Å². The molecule has 0 bridgehead atoms. The highest BCUT2D eigenvalue weighted by Crippen LogP contribution is 2.29. The average Bonchev–Trinajstić information content (AvgIpc) is 2.67. The van der Waals surface area contributed by atoms with Crippen molar-refractivity contribution in [3.05, 3.63) is 59.4 Å². The Labute approximate surface area is 161 Å². The minimum Gasteiger partial charge on any atom is -0.490 e. The summed E-state index contributed by atoms with van der Waals surface area (Å²) in [6.45, 7) is 1.81. The van der Waals surface area contributed by atoms with E-state index < -0.39 is 17.6 Å². The lowest BCUT2D eigenvalue weighted by atomic mass is 10.1. The summed E-state index contributed by atoms with van der Waals surface area (Å²) in [5.74, 6) is -1.05. The minimum absolute atomic E-state index is 0.155. The van der Waals surface area contributed by atoms with Gasteiger partial charge in [0.15, 0.2) is 18.1 Å². The van der Waals surface area contributed by atoms with Gasteiger partial charge >= 0.3 is 0 Å². The molecule has 0 aliphatic rings. The summed E-state index contributed by atoms with van der Waals surface area (Å²) in [6, 6.07) is 11.7. The van der Waals surface area contributed by atoms with Crippen LogP contribution in [0.1, 0.15) is 12.5 Å². The smallest absolute Gasteiger partial charge is 0.266 e. The van der Waals surface area contributed by atoms with E-state index in [1.165, 1.54) is 30.3 Å². The molecule has 0 saturated heterocycles. The normalized spacial score (nSPS) is 10.7. The number of amides is 2. The number of anilines is 1. The maximum atomic E-state index is 12.9. The van der Waals surface area contributed by atoms with Crippen molar-refractivity contribution in [3.8, 4) is 17.6 Å². The second kappa shape index (κ2) is 9.73.